The van der Waals surface area contributed by atoms with Gasteiger partial charge in [-0.2, -0.15) is 0 Å². The van der Waals surface area contributed by atoms with Crippen molar-refractivity contribution in [1.82, 2.24) is 4.98 Å². The number of rotatable bonds is 1. The minimum absolute atomic E-state index is 0.617. The van der Waals surface area contributed by atoms with Crippen LogP contribution in [-0.4, -0.2) is 28.8 Å². The fraction of sp³-hybridized carbons (Fsp3) is 0.400. The molecule has 0 aliphatic carbocycles. The second-order valence-electron chi connectivity index (χ2n) is 5.62. The summed E-state index contributed by atoms with van der Waals surface area (Å²) >= 11 is 0. The van der Waals surface area contributed by atoms with Crippen LogP contribution in [0.5, 0.6) is 0 Å². The first-order valence-electron chi connectivity index (χ1n) is 6.66. The second kappa shape index (κ2) is 4.38. The van der Waals surface area contributed by atoms with E-state index in [1.165, 1.54) is 0 Å². The smallest absolute Gasteiger partial charge is 0.0794 e. The minimum atomic E-state index is -0.617. The van der Waals surface area contributed by atoms with Crippen molar-refractivity contribution in [3.63, 3.8) is 0 Å². The van der Waals surface area contributed by atoms with Gasteiger partial charge in [-0.25, -0.2) is 0 Å². The first-order valence-corrected chi connectivity index (χ1v) is 6.66. The Morgan fingerprint density at radius 3 is 2.95 bits per heavy atom. The third-order valence-corrected chi connectivity index (χ3v) is 3.84. The molecule has 1 aliphatic heterocycles. The SMILES string of the molecule is CC1(O)CCCN(c2ccc(N)c3ccncc23)C1. The molecule has 1 fully saturated rings. The van der Waals surface area contributed by atoms with Gasteiger partial charge >= 0.3 is 0 Å². The summed E-state index contributed by atoms with van der Waals surface area (Å²) in [5.41, 5.74) is 7.27. The van der Waals surface area contributed by atoms with E-state index in [-0.39, 0.29) is 0 Å². The van der Waals surface area contributed by atoms with Gasteiger partial charge in [0, 0.05) is 47.6 Å². The molecule has 1 aliphatic rings. The number of piperidine rings is 1. The molecule has 1 atom stereocenters. The molecule has 2 heterocycles. The van der Waals surface area contributed by atoms with Gasteiger partial charge < -0.3 is 15.7 Å². The maximum absolute atomic E-state index is 10.3. The monoisotopic (exact) mass is 257 g/mol. The predicted molar refractivity (Wildman–Crippen MR) is 78.2 cm³/mol. The highest BCUT2D eigenvalue weighted by Crippen LogP contribution is 2.33. The van der Waals surface area contributed by atoms with Gasteiger partial charge in [-0.1, -0.05) is 0 Å². The van der Waals surface area contributed by atoms with Gasteiger partial charge in [-0.3, -0.25) is 4.98 Å². The van der Waals surface area contributed by atoms with Crippen molar-refractivity contribution >= 4 is 22.1 Å². The molecule has 0 spiro atoms. The number of aliphatic hydroxyl groups is 1. The molecule has 19 heavy (non-hydrogen) atoms. The molecule has 2 aromatic rings. The summed E-state index contributed by atoms with van der Waals surface area (Å²) in [6.07, 6.45) is 5.47. The van der Waals surface area contributed by atoms with Crippen LogP contribution in [0.15, 0.2) is 30.6 Å². The Morgan fingerprint density at radius 1 is 1.32 bits per heavy atom. The maximum Gasteiger partial charge on any atom is 0.0794 e. The van der Waals surface area contributed by atoms with E-state index in [1.807, 2.05) is 31.3 Å². The molecule has 100 valence electrons. The number of fused-ring (bicyclic) bond motifs is 1. The number of anilines is 2. The summed E-state index contributed by atoms with van der Waals surface area (Å²) in [5.74, 6) is 0. The summed E-state index contributed by atoms with van der Waals surface area (Å²) in [6, 6.07) is 5.90. The number of benzene rings is 1. The predicted octanol–water partition coefficient (Wildman–Crippen LogP) is 2.17. The average Bonchev–Trinajstić information content (AvgIpc) is 2.38. The van der Waals surface area contributed by atoms with E-state index in [9.17, 15) is 5.11 Å². The molecule has 1 aromatic carbocycles. The normalized spacial score (nSPS) is 23.8. The molecule has 3 rings (SSSR count). The second-order valence-corrected chi connectivity index (χ2v) is 5.62. The number of aromatic nitrogens is 1. The lowest BCUT2D eigenvalue weighted by Gasteiger charge is -2.38. The molecule has 3 N–H and O–H groups in total. The lowest BCUT2D eigenvalue weighted by Crippen LogP contribution is -2.46. The van der Waals surface area contributed by atoms with Gasteiger partial charge in [0.2, 0.25) is 0 Å². The van der Waals surface area contributed by atoms with Crippen LogP contribution in [0.4, 0.5) is 11.4 Å². The Balaban J connectivity index is 2.08. The molecular weight excluding hydrogens is 238 g/mol. The highest BCUT2D eigenvalue weighted by molar-refractivity contribution is 6.00. The van der Waals surface area contributed by atoms with Crippen LogP contribution in [0.1, 0.15) is 19.8 Å². The third kappa shape index (κ3) is 2.24. The fourth-order valence-electron chi connectivity index (χ4n) is 2.90. The van der Waals surface area contributed by atoms with Crippen molar-refractivity contribution in [3.8, 4) is 0 Å². The number of nitrogens with zero attached hydrogens (tertiary/aromatic N) is 2. The molecule has 0 radical (unpaired) electrons. The Labute approximate surface area is 112 Å². The maximum atomic E-state index is 10.3. The summed E-state index contributed by atoms with van der Waals surface area (Å²) < 4.78 is 0. The van der Waals surface area contributed by atoms with Crippen LogP contribution >= 0.6 is 0 Å². The molecule has 1 unspecified atom stereocenters. The number of hydrogen-bond donors (Lipinski definition) is 2. The van der Waals surface area contributed by atoms with E-state index in [0.29, 0.717) is 6.54 Å². The highest BCUT2D eigenvalue weighted by Gasteiger charge is 2.29. The Morgan fingerprint density at radius 2 is 2.16 bits per heavy atom. The summed E-state index contributed by atoms with van der Waals surface area (Å²) in [7, 11) is 0. The Kier molecular flexibility index (Phi) is 2.82. The van der Waals surface area contributed by atoms with Crippen LogP contribution in [-0.2, 0) is 0 Å². The van der Waals surface area contributed by atoms with Crippen LogP contribution in [0.3, 0.4) is 0 Å². The number of β-amino-alcohol motifs (C(OH)–C–C–N with tert-alkyl or cyclic N) is 1. The summed E-state index contributed by atoms with van der Waals surface area (Å²) in [6.45, 7) is 3.52. The molecule has 4 nitrogen and oxygen atoms in total. The molecule has 4 heteroatoms. The zero-order chi connectivity index (χ0) is 13.5. The van der Waals surface area contributed by atoms with Crippen LogP contribution in [0.2, 0.25) is 0 Å². The van der Waals surface area contributed by atoms with Gasteiger partial charge in [-0.15, -0.1) is 0 Å². The quantitative estimate of drug-likeness (QED) is 0.769. The van der Waals surface area contributed by atoms with Crippen LogP contribution in [0, 0.1) is 0 Å². The van der Waals surface area contributed by atoms with Crippen molar-refractivity contribution in [2.24, 2.45) is 0 Å². The lowest BCUT2D eigenvalue weighted by atomic mass is 9.94. The van der Waals surface area contributed by atoms with Crippen LogP contribution < -0.4 is 10.6 Å². The number of hydrogen-bond acceptors (Lipinski definition) is 4. The zero-order valence-electron chi connectivity index (χ0n) is 11.1. The van der Waals surface area contributed by atoms with E-state index in [2.05, 4.69) is 9.88 Å². The first kappa shape index (κ1) is 12.2. The van der Waals surface area contributed by atoms with Gasteiger partial charge in [0.15, 0.2) is 0 Å². The van der Waals surface area contributed by atoms with Gasteiger partial charge in [0.1, 0.15) is 0 Å². The summed E-state index contributed by atoms with van der Waals surface area (Å²) in [4.78, 5) is 6.43. The molecule has 1 aromatic heterocycles. The number of nitrogens with two attached hydrogens (primary N) is 1. The van der Waals surface area contributed by atoms with E-state index in [1.54, 1.807) is 6.20 Å². The minimum Gasteiger partial charge on any atom is -0.398 e. The lowest BCUT2D eigenvalue weighted by molar-refractivity contribution is 0.0450. The topological polar surface area (TPSA) is 62.4 Å². The first-order chi connectivity index (χ1) is 9.07. The van der Waals surface area contributed by atoms with Crippen molar-refractivity contribution in [1.29, 1.82) is 0 Å². The van der Waals surface area contributed by atoms with E-state index in [0.717, 1.165) is 41.5 Å². The molecule has 0 saturated carbocycles. The van der Waals surface area contributed by atoms with Crippen molar-refractivity contribution < 1.29 is 5.11 Å². The fourth-order valence-corrected chi connectivity index (χ4v) is 2.90. The van der Waals surface area contributed by atoms with Gasteiger partial charge in [0.05, 0.1) is 5.60 Å². The zero-order valence-corrected chi connectivity index (χ0v) is 11.1. The third-order valence-electron chi connectivity index (χ3n) is 3.84. The van der Waals surface area contributed by atoms with Gasteiger partial charge in [-0.05, 0) is 38.0 Å². The van der Waals surface area contributed by atoms with Crippen molar-refractivity contribution in [2.45, 2.75) is 25.4 Å². The van der Waals surface area contributed by atoms with Crippen molar-refractivity contribution in [3.05, 3.63) is 30.6 Å². The van der Waals surface area contributed by atoms with E-state index < -0.39 is 5.60 Å². The number of pyridine rings is 1. The average molecular weight is 257 g/mol. The molecular formula is C15H19N3O. The molecule has 0 bridgehead atoms. The Hall–Kier alpha value is -1.81. The Bertz CT molecular complexity index is 609. The van der Waals surface area contributed by atoms with E-state index in [4.69, 9.17) is 5.73 Å². The highest BCUT2D eigenvalue weighted by atomic mass is 16.3. The van der Waals surface area contributed by atoms with Crippen molar-refractivity contribution in [2.75, 3.05) is 23.7 Å². The van der Waals surface area contributed by atoms with E-state index >= 15 is 0 Å². The van der Waals surface area contributed by atoms with Gasteiger partial charge in [0.25, 0.3) is 0 Å². The largest absolute Gasteiger partial charge is 0.398 e. The standard InChI is InChI=1S/C15H19N3O/c1-15(19)6-2-8-18(10-15)14-4-3-13(16)11-5-7-17-9-12(11)14/h3-5,7,9,19H,2,6,8,10,16H2,1H3. The summed E-state index contributed by atoms with van der Waals surface area (Å²) in [5, 5.41) is 12.3. The van der Waals surface area contributed by atoms with Crippen LogP contribution in [0.25, 0.3) is 10.8 Å². The number of nitrogen functional groups attached to an aromatic ring is 1. The molecule has 0 amide bonds. The molecule has 1 saturated heterocycles.